The fourth-order valence-corrected chi connectivity index (χ4v) is 2.80. The molecule has 0 radical (unpaired) electrons. The van der Waals surface area contributed by atoms with Crippen LogP contribution in [0.2, 0.25) is 0 Å². The Kier molecular flexibility index (Phi) is 5.72. The van der Waals surface area contributed by atoms with Crippen molar-refractivity contribution in [1.82, 2.24) is 0 Å². The maximum absolute atomic E-state index is 9.99. The third-order valence-corrected chi connectivity index (χ3v) is 4.18. The van der Waals surface area contributed by atoms with Crippen molar-refractivity contribution < 1.29 is 50.3 Å². The summed E-state index contributed by atoms with van der Waals surface area (Å²) >= 11 is 0. The Balaban J connectivity index is 2.21. The molecule has 2 heterocycles. The zero-order valence-electron chi connectivity index (χ0n) is 11.6. The van der Waals surface area contributed by atoms with Crippen molar-refractivity contribution in [3.05, 3.63) is 0 Å². The summed E-state index contributed by atoms with van der Waals surface area (Å²) in [6.07, 6.45) is -15.0. The number of aliphatic hydroxyl groups excluding tert-OH is 8. The van der Waals surface area contributed by atoms with Gasteiger partial charge in [0, 0.05) is 0 Å². The number of ether oxygens (including phenoxy) is 2. The highest BCUT2D eigenvalue weighted by molar-refractivity contribution is 5.02. The molecule has 0 aromatic heterocycles. The van der Waals surface area contributed by atoms with E-state index in [2.05, 4.69) is 0 Å². The van der Waals surface area contributed by atoms with Crippen molar-refractivity contribution >= 4 is 0 Å². The van der Waals surface area contributed by atoms with Crippen molar-refractivity contribution in [2.24, 2.45) is 0 Å². The Hall–Kier alpha value is -0.400. The first-order valence-corrected chi connectivity index (χ1v) is 6.94. The van der Waals surface area contributed by atoms with E-state index >= 15 is 0 Å². The average molecular weight is 326 g/mol. The predicted octanol–water partition coefficient (Wildman–Crippen LogP) is -5.33. The molecule has 8 N–H and O–H groups in total. The van der Waals surface area contributed by atoms with Gasteiger partial charge < -0.3 is 50.3 Å². The molecule has 2 unspecified atom stereocenters. The standard InChI is InChI=1S/C12H22O10/c13-1-3-5(15)7(17)9(19)11(21-3)12-10(20)8(18)6(16)4(2-14)22-12/h3-20H,1-2H2/t3-,4+,5-,6+,7+,8-,9-,10+,11?,12?. The monoisotopic (exact) mass is 326 g/mol. The van der Waals surface area contributed by atoms with E-state index < -0.39 is 74.3 Å². The van der Waals surface area contributed by atoms with Crippen LogP contribution >= 0.6 is 0 Å². The van der Waals surface area contributed by atoms with Crippen molar-refractivity contribution in [3.63, 3.8) is 0 Å². The van der Waals surface area contributed by atoms with E-state index in [1.807, 2.05) is 0 Å². The summed E-state index contributed by atoms with van der Waals surface area (Å²) in [6.45, 7) is -1.31. The van der Waals surface area contributed by atoms with Gasteiger partial charge in [-0.25, -0.2) is 0 Å². The summed E-state index contributed by atoms with van der Waals surface area (Å²) in [5, 5.41) is 77.1. The highest BCUT2D eigenvalue weighted by Gasteiger charge is 2.53. The maximum atomic E-state index is 9.99. The first-order valence-electron chi connectivity index (χ1n) is 6.94. The van der Waals surface area contributed by atoms with Gasteiger partial charge in [-0.2, -0.15) is 0 Å². The summed E-state index contributed by atoms with van der Waals surface area (Å²) in [5.74, 6) is 0. The Morgan fingerprint density at radius 3 is 1.09 bits per heavy atom. The lowest BCUT2D eigenvalue weighted by Crippen LogP contribution is -2.68. The number of rotatable bonds is 3. The van der Waals surface area contributed by atoms with E-state index in [0.717, 1.165) is 0 Å². The van der Waals surface area contributed by atoms with Crippen LogP contribution in [0.25, 0.3) is 0 Å². The van der Waals surface area contributed by atoms with Gasteiger partial charge in [-0.15, -0.1) is 0 Å². The zero-order chi connectivity index (χ0) is 16.6. The molecule has 2 aliphatic rings. The zero-order valence-corrected chi connectivity index (χ0v) is 11.6. The lowest BCUT2D eigenvalue weighted by molar-refractivity contribution is -0.302. The summed E-state index contributed by atoms with van der Waals surface area (Å²) in [4.78, 5) is 0. The minimum Gasteiger partial charge on any atom is -0.394 e. The highest BCUT2D eigenvalue weighted by Crippen LogP contribution is 2.31. The number of aliphatic hydroxyl groups is 8. The second-order valence-electron chi connectivity index (χ2n) is 5.59. The van der Waals surface area contributed by atoms with Gasteiger partial charge in [0.2, 0.25) is 0 Å². The van der Waals surface area contributed by atoms with Gasteiger partial charge >= 0.3 is 0 Å². The van der Waals surface area contributed by atoms with Crippen molar-refractivity contribution in [2.75, 3.05) is 13.2 Å². The molecule has 10 atom stereocenters. The Bertz CT molecular complexity index is 330. The first-order chi connectivity index (χ1) is 10.3. The third-order valence-electron chi connectivity index (χ3n) is 4.18. The first kappa shape index (κ1) is 17.9. The highest BCUT2D eigenvalue weighted by atomic mass is 16.6. The van der Waals surface area contributed by atoms with Gasteiger partial charge in [-0.05, 0) is 0 Å². The summed E-state index contributed by atoms with van der Waals surface area (Å²) < 4.78 is 10.5. The van der Waals surface area contributed by atoms with E-state index in [1.165, 1.54) is 0 Å². The minimum absolute atomic E-state index is 0.654. The molecular formula is C12H22O10. The van der Waals surface area contributed by atoms with Crippen molar-refractivity contribution in [2.45, 2.75) is 61.0 Å². The van der Waals surface area contributed by atoms with E-state index in [9.17, 15) is 30.6 Å². The van der Waals surface area contributed by atoms with Gasteiger partial charge in [0.05, 0.1) is 13.2 Å². The third kappa shape index (κ3) is 2.99. The number of hydrogen-bond donors (Lipinski definition) is 8. The van der Waals surface area contributed by atoms with Crippen LogP contribution in [0.1, 0.15) is 0 Å². The molecule has 2 rings (SSSR count). The van der Waals surface area contributed by atoms with Gasteiger partial charge in [-0.1, -0.05) is 0 Å². The quantitative estimate of drug-likeness (QED) is 0.249. The number of hydrogen-bond acceptors (Lipinski definition) is 10. The van der Waals surface area contributed by atoms with E-state index in [-0.39, 0.29) is 0 Å². The SMILES string of the molecule is OC[C@@H]1OC(C2O[C@H](CO)[C@@H](O)[C@H](O)[C@H]2O)[C@@H](O)[C@H](O)[C@H]1O. The summed E-state index contributed by atoms with van der Waals surface area (Å²) in [6, 6.07) is 0. The molecule has 0 amide bonds. The maximum Gasteiger partial charge on any atom is 0.115 e. The van der Waals surface area contributed by atoms with Crippen LogP contribution in [-0.2, 0) is 9.47 Å². The van der Waals surface area contributed by atoms with Crippen LogP contribution in [0.4, 0.5) is 0 Å². The predicted molar refractivity (Wildman–Crippen MR) is 67.5 cm³/mol. The van der Waals surface area contributed by atoms with Crippen LogP contribution < -0.4 is 0 Å². The lowest BCUT2D eigenvalue weighted by atomic mass is 9.86. The van der Waals surface area contributed by atoms with E-state index in [1.54, 1.807) is 0 Å². The summed E-state index contributed by atoms with van der Waals surface area (Å²) in [7, 11) is 0. The minimum atomic E-state index is -1.67. The van der Waals surface area contributed by atoms with Crippen molar-refractivity contribution in [3.8, 4) is 0 Å². The van der Waals surface area contributed by atoms with Crippen LogP contribution in [0, 0.1) is 0 Å². The second-order valence-corrected chi connectivity index (χ2v) is 5.59. The molecule has 2 fully saturated rings. The normalized spacial score (nSPS) is 53.5. The van der Waals surface area contributed by atoms with Gasteiger partial charge in [0.15, 0.2) is 0 Å². The molecule has 0 spiro atoms. The fourth-order valence-electron chi connectivity index (χ4n) is 2.80. The van der Waals surface area contributed by atoms with Gasteiger partial charge in [0.1, 0.15) is 61.0 Å². The molecule has 2 saturated heterocycles. The molecule has 10 nitrogen and oxygen atoms in total. The Morgan fingerprint density at radius 2 is 0.818 bits per heavy atom. The fraction of sp³-hybridized carbons (Fsp3) is 1.00. The molecule has 10 heteroatoms. The Morgan fingerprint density at radius 1 is 0.500 bits per heavy atom. The van der Waals surface area contributed by atoms with Crippen LogP contribution in [0.3, 0.4) is 0 Å². The topological polar surface area (TPSA) is 180 Å². The van der Waals surface area contributed by atoms with Crippen LogP contribution in [0.5, 0.6) is 0 Å². The molecule has 0 saturated carbocycles. The molecular weight excluding hydrogens is 304 g/mol. The molecule has 0 aliphatic carbocycles. The smallest absolute Gasteiger partial charge is 0.115 e. The van der Waals surface area contributed by atoms with E-state index in [0.29, 0.717) is 0 Å². The average Bonchev–Trinajstić information content (AvgIpc) is 2.52. The van der Waals surface area contributed by atoms with Gasteiger partial charge in [0.25, 0.3) is 0 Å². The molecule has 0 bridgehead atoms. The lowest BCUT2D eigenvalue weighted by Gasteiger charge is -2.48. The van der Waals surface area contributed by atoms with Crippen LogP contribution in [0.15, 0.2) is 0 Å². The molecule has 2 aliphatic heterocycles. The molecule has 130 valence electrons. The van der Waals surface area contributed by atoms with Gasteiger partial charge in [-0.3, -0.25) is 0 Å². The second kappa shape index (κ2) is 7.01. The van der Waals surface area contributed by atoms with Crippen molar-refractivity contribution in [1.29, 1.82) is 0 Å². The Labute approximate surface area is 125 Å². The molecule has 0 aromatic carbocycles. The molecule has 0 aromatic rings. The molecule has 22 heavy (non-hydrogen) atoms. The van der Waals surface area contributed by atoms with Crippen LogP contribution in [-0.4, -0.2) is 115 Å². The largest absolute Gasteiger partial charge is 0.394 e. The van der Waals surface area contributed by atoms with E-state index in [4.69, 9.17) is 19.7 Å². The summed E-state index contributed by atoms with van der Waals surface area (Å²) in [5.41, 5.74) is 0.